The maximum Gasteiger partial charge on any atom is 0.408 e. The molecule has 0 aromatic heterocycles. The molecule has 1 fully saturated rings. The molecule has 0 atom stereocenters. The van der Waals surface area contributed by atoms with Crippen molar-refractivity contribution in [2.24, 2.45) is 0 Å². The summed E-state index contributed by atoms with van der Waals surface area (Å²) in [6.07, 6.45) is 0.721. The molecule has 4 N–H and O–H groups in total. The van der Waals surface area contributed by atoms with Crippen LogP contribution in [0, 0.1) is 0 Å². The number of ether oxygens (including phenoxy) is 1. The molecule has 148 valence electrons. The minimum atomic E-state index is -0.610. The van der Waals surface area contributed by atoms with Crippen LogP contribution in [0.2, 0.25) is 0 Å². The molecule has 0 radical (unpaired) electrons. The van der Waals surface area contributed by atoms with E-state index in [9.17, 15) is 14.4 Å². The summed E-state index contributed by atoms with van der Waals surface area (Å²) in [6, 6.07) is 6.76. The molecule has 1 aromatic rings. The van der Waals surface area contributed by atoms with Gasteiger partial charge in [0.15, 0.2) is 0 Å². The minimum absolute atomic E-state index is 0.0120. The molecule has 1 aliphatic rings. The lowest BCUT2D eigenvalue weighted by Gasteiger charge is -2.32. The number of benzene rings is 1. The van der Waals surface area contributed by atoms with E-state index in [4.69, 9.17) is 10.5 Å². The number of hydrogen-bond acceptors (Lipinski definition) is 5. The highest BCUT2D eigenvalue weighted by Gasteiger charge is 2.25. The van der Waals surface area contributed by atoms with E-state index in [-0.39, 0.29) is 24.4 Å². The zero-order chi connectivity index (χ0) is 20.0. The number of nitrogens with two attached hydrogens (primary N) is 1. The van der Waals surface area contributed by atoms with Crippen molar-refractivity contribution in [3.63, 3.8) is 0 Å². The van der Waals surface area contributed by atoms with E-state index in [1.807, 2.05) is 0 Å². The Morgan fingerprint density at radius 1 is 1.15 bits per heavy atom. The Balaban J connectivity index is 1.73. The fraction of sp³-hybridized carbons (Fsp3) is 0.526. The number of nitrogens with zero attached hydrogens (tertiary/aromatic N) is 1. The van der Waals surface area contributed by atoms with Gasteiger partial charge in [0.2, 0.25) is 5.91 Å². The van der Waals surface area contributed by atoms with Crippen molar-refractivity contribution in [2.75, 3.05) is 25.4 Å². The first kappa shape index (κ1) is 20.5. The average Bonchev–Trinajstić information content (AvgIpc) is 2.59. The highest BCUT2D eigenvalue weighted by atomic mass is 16.6. The Morgan fingerprint density at radius 2 is 1.74 bits per heavy atom. The second-order valence-electron chi connectivity index (χ2n) is 7.61. The SMILES string of the molecule is CC(C)(C)OC(=O)NCC(=O)N1CCC(NC(=O)c2ccc(N)cc2)CC1. The monoisotopic (exact) mass is 376 g/mol. The fourth-order valence-corrected chi connectivity index (χ4v) is 2.75. The molecular formula is C19H28N4O4. The lowest BCUT2D eigenvalue weighted by atomic mass is 10.0. The summed E-state index contributed by atoms with van der Waals surface area (Å²) < 4.78 is 5.11. The normalized spacial score (nSPS) is 15.1. The highest BCUT2D eigenvalue weighted by molar-refractivity contribution is 5.94. The summed E-state index contributed by atoms with van der Waals surface area (Å²) in [7, 11) is 0. The Hall–Kier alpha value is -2.77. The van der Waals surface area contributed by atoms with Crippen LogP contribution in [-0.4, -0.2) is 54.1 Å². The number of amides is 3. The molecule has 1 heterocycles. The Labute approximate surface area is 159 Å². The summed E-state index contributed by atoms with van der Waals surface area (Å²) in [5.74, 6) is -0.310. The van der Waals surface area contributed by atoms with Gasteiger partial charge < -0.3 is 26.0 Å². The van der Waals surface area contributed by atoms with Gasteiger partial charge in [-0.1, -0.05) is 0 Å². The van der Waals surface area contributed by atoms with Crippen molar-refractivity contribution in [1.82, 2.24) is 15.5 Å². The van der Waals surface area contributed by atoms with Gasteiger partial charge in [-0.15, -0.1) is 0 Å². The predicted molar refractivity (Wildman–Crippen MR) is 102 cm³/mol. The molecule has 1 aliphatic heterocycles. The van der Waals surface area contributed by atoms with Gasteiger partial charge in [-0.2, -0.15) is 0 Å². The summed E-state index contributed by atoms with van der Waals surface area (Å²) in [5.41, 5.74) is 6.19. The first-order valence-electron chi connectivity index (χ1n) is 9.05. The smallest absolute Gasteiger partial charge is 0.408 e. The molecule has 8 heteroatoms. The molecule has 0 unspecified atom stereocenters. The third kappa shape index (κ3) is 6.80. The van der Waals surface area contributed by atoms with Gasteiger partial charge in [0.05, 0.1) is 0 Å². The summed E-state index contributed by atoms with van der Waals surface area (Å²) in [5, 5.41) is 5.46. The highest BCUT2D eigenvalue weighted by Crippen LogP contribution is 2.12. The molecule has 0 aliphatic carbocycles. The van der Waals surface area contributed by atoms with E-state index in [2.05, 4.69) is 10.6 Å². The van der Waals surface area contributed by atoms with Crippen LogP contribution in [0.4, 0.5) is 10.5 Å². The first-order chi connectivity index (χ1) is 12.6. The number of anilines is 1. The number of nitrogens with one attached hydrogen (secondary N) is 2. The second-order valence-corrected chi connectivity index (χ2v) is 7.61. The van der Waals surface area contributed by atoms with Crippen LogP contribution >= 0.6 is 0 Å². The number of rotatable bonds is 4. The molecule has 0 spiro atoms. The number of piperidine rings is 1. The Morgan fingerprint density at radius 3 is 2.30 bits per heavy atom. The molecule has 0 bridgehead atoms. The van der Waals surface area contributed by atoms with Crippen LogP contribution in [0.25, 0.3) is 0 Å². The third-order valence-electron chi connectivity index (χ3n) is 4.14. The summed E-state index contributed by atoms with van der Waals surface area (Å²) in [4.78, 5) is 37.7. The van der Waals surface area contributed by atoms with Crippen molar-refractivity contribution >= 4 is 23.6 Å². The molecule has 0 saturated carbocycles. The maximum atomic E-state index is 12.2. The zero-order valence-corrected chi connectivity index (χ0v) is 16.1. The standard InChI is InChI=1S/C19H28N4O4/c1-19(2,3)27-18(26)21-12-16(24)23-10-8-15(9-11-23)22-17(25)13-4-6-14(20)7-5-13/h4-7,15H,8-12,20H2,1-3H3,(H,21,26)(H,22,25). The number of hydrogen-bond donors (Lipinski definition) is 3. The number of carbonyl (C=O) groups is 3. The van der Waals surface area contributed by atoms with Crippen LogP contribution in [0.5, 0.6) is 0 Å². The van der Waals surface area contributed by atoms with Crippen molar-refractivity contribution in [1.29, 1.82) is 0 Å². The number of likely N-dealkylation sites (tertiary alicyclic amines) is 1. The van der Waals surface area contributed by atoms with Crippen molar-refractivity contribution in [3.8, 4) is 0 Å². The van der Waals surface area contributed by atoms with Gasteiger partial charge in [0.1, 0.15) is 12.1 Å². The van der Waals surface area contributed by atoms with E-state index in [1.54, 1.807) is 49.9 Å². The lowest BCUT2D eigenvalue weighted by molar-refractivity contribution is -0.131. The van der Waals surface area contributed by atoms with E-state index in [0.717, 1.165) is 0 Å². The quantitative estimate of drug-likeness (QED) is 0.690. The number of nitrogen functional groups attached to an aromatic ring is 1. The van der Waals surface area contributed by atoms with Gasteiger partial charge in [0.25, 0.3) is 5.91 Å². The van der Waals surface area contributed by atoms with Crippen LogP contribution in [0.15, 0.2) is 24.3 Å². The molecule has 2 rings (SSSR count). The Bertz CT molecular complexity index is 674. The third-order valence-corrected chi connectivity index (χ3v) is 4.14. The van der Waals surface area contributed by atoms with Crippen molar-refractivity contribution in [3.05, 3.63) is 29.8 Å². The van der Waals surface area contributed by atoms with Crippen molar-refractivity contribution in [2.45, 2.75) is 45.3 Å². The summed E-state index contributed by atoms with van der Waals surface area (Å²) in [6.45, 7) is 6.24. The molecule has 3 amide bonds. The van der Waals surface area contributed by atoms with Gasteiger partial charge in [-0.3, -0.25) is 9.59 Å². The second kappa shape index (κ2) is 8.75. The molecule has 27 heavy (non-hydrogen) atoms. The van der Waals surface area contributed by atoms with E-state index in [0.29, 0.717) is 37.2 Å². The minimum Gasteiger partial charge on any atom is -0.444 e. The molecule has 1 saturated heterocycles. The van der Waals surface area contributed by atoms with E-state index in [1.165, 1.54) is 0 Å². The fourth-order valence-electron chi connectivity index (χ4n) is 2.75. The summed E-state index contributed by atoms with van der Waals surface area (Å²) >= 11 is 0. The van der Waals surface area contributed by atoms with Crippen LogP contribution in [0.1, 0.15) is 44.0 Å². The molecule has 1 aromatic carbocycles. The van der Waals surface area contributed by atoms with Gasteiger partial charge in [-0.05, 0) is 57.9 Å². The Kier molecular flexibility index (Phi) is 6.65. The molecule has 8 nitrogen and oxygen atoms in total. The predicted octanol–water partition coefficient (Wildman–Crippen LogP) is 1.51. The molecular weight excluding hydrogens is 348 g/mol. The van der Waals surface area contributed by atoms with Crippen LogP contribution < -0.4 is 16.4 Å². The lowest BCUT2D eigenvalue weighted by Crippen LogP contribution is -2.49. The largest absolute Gasteiger partial charge is 0.444 e. The average molecular weight is 376 g/mol. The van der Waals surface area contributed by atoms with Crippen LogP contribution in [0.3, 0.4) is 0 Å². The topological polar surface area (TPSA) is 114 Å². The van der Waals surface area contributed by atoms with Gasteiger partial charge in [-0.25, -0.2) is 4.79 Å². The van der Waals surface area contributed by atoms with Gasteiger partial charge >= 0.3 is 6.09 Å². The maximum absolute atomic E-state index is 12.2. The number of carbonyl (C=O) groups excluding carboxylic acids is 3. The number of alkyl carbamates (subject to hydrolysis) is 1. The zero-order valence-electron chi connectivity index (χ0n) is 16.1. The van der Waals surface area contributed by atoms with Gasteiger partial charge in [0, 0.05) is 30.4 Å². The van der Waals surface area contributed by atoms with E-state index < -0.39 is 11.7 Å². The first-order valence-corrected chi connectivity index (χ1v) is 9.05. The van der Waals surface area contributed by atoms with E-state index >= 15 is 0 Å². The van der Waals surface area contributed by atoms with Crippen LogP contribution in [-0.2, 0) is 9.53 Å². The van der Waals surface area contributed by atoms with Crippen molar-refractivity contribution < 1.29 is 19.1 Å².